The van der Waals surface area contributed by atoms with Crippen LogP contribution in [0.15, 0.2) is 47.7 Å². The second-order valence-electron chi connectivity index (χ2n) is 5.26. The van der Waals surface area contributed by atoms with E-state index >= 15 is 0 Å². The van der Waals surface area contributed by atoms with Crippen LogP contribution in [0.3, 0.4) is 0 Å². The molecular formula is C17H15ClN4O. The Kier molecular flexibility index (Phi) is 4.12. The zero-order valence-electron chi connectivity index (χ0n) is 12.3. The lowest BCUT2D eigenvalue weighted by atomic mass is 9.86. The first kappa shape index (κ1) is 15.2. The van der Waals surface area contributed by atoms with Crippen LogP contribution in [-0.4, -0.2) is 16.9 Å². The second-order valence-corrected chi connectivity index (χ2v) is 5.70. The van der Waals surface area contributed by atoms with Gasteiger partial charge in [0.1, 0.15) is 0 Å². The highest BCUT2D eigenvalue weighted by Gasteiger charge is 2.17. The van der Waals surface area contributed by atoms with E-state index < -0.39 is 5.91 Å². The van der Waals surface area contributed by atoms with Crippen molar-refractivity contribution in [2.24, 2.45) is 16.5 Å². The minimum atomic E-state index is -0.457. The number of halogens is 1. The summed E-state index contributed by atoms with van der Waals surface area (Å²) in [5, 5.41) is 0.572. The van der Waals surface area contributed by atoms with Crippen LogP contribution >= 0.6 is 11.6 Å². The van der Waals surface area contributed by atoms with Gasteiger partial charge in [-0.25, -0.2) is 0 Å². The van der Waals surface area contributed by atoms with Crippen LogP contribution in [0.25, 0.3) is 5.57 Å². The van der Waals surface area contributed by atoms with Crippen LogP contribution in [0.4, 0.5) is 0 Å². The fourth-order valence-electron chi connectivity index (χ4n) is 2.67. The fraction of sp³-hybridized carbons (Fsp3) is 0.118. The molecule has 1 aliphatic rings. The Morgan fingerprint density at radius 1 is 1.22 bits per heavy atom. The standard InChI is InChI=1S/C17H15ClN4O/c18-13-6-12(8-21-9-13)14-3-1-2-10-4-5-11(7-15(10)14)16(23)22-17(19)20/h3-9H,1-2H2,(H4,19,20,22,23). The first-order valence-corrected chi connectivity index (χ1v) is 7.51. The first-order valence-electron chi connectivity index (χ1n) is 7.13. The lowest BCUT2D eigenvalue weighted by Gasteiger charge is -2.18. The molecule has 0 fully saturated rings. The molecule has 6 heteroatoms. The Bertz CT molecular complexity index is 838. The minimum absolute atomic E-state index is 0.248. The van der Waals surface area contributed by atoms with Gasteiger partial charge >= 0.3 is 0 Å². The maximum absolute atomic E-state index is 12.0. The zero-order chi connectivity index (χ0) is 16.4. The van der Waals surface area contributed by atoms with E-state index in [2.05, 4.69) is 16.1 Å². The zero-order valence-corrected chi connectivity index (χ0v) is 13.0. The third-order valence-corrected chi connectivity index (χ3v) is 3.86. The summed E-state index contributed by atoms with van der Waals surface area (Å²) in [7, 11) is 0. The highest BCUT2D eigenvalue weighted by atomic mass is 35.5. The maximum atomic E-state index is 12.0. The number of fused-ring (bicyclic) bond motifs is 1. The Hall–Kier alpha value is -2.66. The van der Waals surface area contributed by atoms with E-state index in [1.807, 2.05) is 18.2 Å². The summed E-state index contributed by atoms with van der Waals surface area (Å²) in [6, 6.07) is 7.36. The quantitative estimate of drug-likeness (QED) is 0.655. The van der Waals surface area contributed by atoms with Crippen molar-refractivity contribution in [3.05, 3.63) is 70.0 Å². The van der Waals surface area contributed by atoms with E-state index in [1.165, 1.54) is 5.56 Å². The van der Waals surface area contributed by atoms with E-state index in [1.54, 1.807) is 18.5 Å². The number of rotatable bonds is 2. The monoisotopic (exact) mass is 326 g/mol. The Labute approximate surface area is 138 Å². The highest BCUT2D eigenvalue weighted by molar-refractivity contribution is 6.30. The van der Waals surface area contributed by atoms with Crippen LogP contribution in [0.1, 0.15) is 33.5 Å². The molecule has 0 unspecified atom stereocenters. The number of guanidine groups is 1. The third kappa shape index (κ3) is 3.24. The summed E-state index contributed by atoms with van der Waals surface area (Å²) < 4.78 is 0. The van der Waals surface area contributed by atoms with Crippen molar-refractivity contribution in [1.82, 2.24) is 4.98 Å². The topological polar surface area (TPSA) is 94.4 Å². The first-order chi connectivity index (χ1) is 11.0. The molecule has 116 valence electrons. The van der Waals surface area contributed by atoms with Crippen molar-refractivity contribution in [3.63, 3.8) is 0 Å². The Morgan fingerprint density at radius 3 is 2.78 bits per heavy atom. The molecule has 0 spiro atoms. The minimum Gasteiger partial charge on any atom is -0.370 e. The molecule has 0 saturated heterocycles. The molecule has 3 rings (SSSR count). The number of aromatic nitrogens is 1. The molecular weight excluding hydrogens is 312 g/mol. The SMILES string of the molecule is NC(N)=NC(=O)c1ccc2c(c1)C(c1cncc(Cl)c1)=CCC2. The molecule has 1 aliphatic carbocycles. The average Bonchev–Trinajstić information content (AvgIpc) is 2.53. The molecule has 1 aromatic carbocycles. The van der Waals surface area contributed by atoms with Gasteiger partial charge in [-0.3, -0.25) is 9.78 Å². The van der Waals surface area contributed by atoms with Crippen molar-refractivity contribution in [1.29, 1.82) is 0 Å². The largest absolute Gasteiger partial charge is 0.370 e. The summed E-state index contributed by atoms with van der Waals surface area (Å²) in [6.07, 6.45) is 7.33. The molecule has 23 heavy (non-hydrogen) atoms. The number of amides is 1. The number of hydrogen-bond acceptors (Lipinski definition) is 2. The number of carbonyl (C=O) groups is 1. The second kappa shape index (κ2) is 6.22. The number of nitrogens with zero attached hydrogens (tertiary/aromatic N) is 2. The van der Waals surface area contributed by atoms with Gasteiger partial charge < -0.3 is 11.5 Å². The Balaban J connectivity index is 2.07. The summed E-state index contributed by atoms with van der Waals surface area (Å²) >= 11 is 6.04. The summed E-state index contributed by atoms with van der Waals surface area (Å²) in [6.45, 7) is 0. The summed E-state index contributed by atoms with van der Waals surface area (Å²) in [5.41, 5.74) is 15.1. The van der Waals surface area contributed by atoms with Crippen LogP contribution < -0.4 is 11.5 Å². The summed E-state index contributed by atoms with van der Waals surface area (Å²) in [4.78, 5) is 19.8. The van der Waals surface area contributed by atoms with Gasteiger partial charge in [0.25, 0.3) is 5.91 Å². The van der Waals surface area contributed by atoms with Crippen LogP contribution in [0.5, 0.6) is 0 Å². The average molecular weight is 327 g/mol. The number of nitrogens with two attached hydrogens (primary N) is 2. The van der Waals surface area contributed by atoms with Crippen LogP contribution in [0.2, 0.25) is 5.02 Å². The van der Waals surface area contributed by atoms with Crippen molar-refractivity contribution >= 4 is 29.0 Å². The molecule has 0 aliphatic heterocycles. The van der Waals surface area contributed by atoms with Crippen molar-refractivity contribution < 1.29 is 4.79 Å². The summed E-state index contributed by atoms with van der Waals surface area (Å²) in [5.74, 6) is -0.704. The number of aryl methyl sites for hydroxylation is 1. The van der Waals surface area contributed by atoms with E-state index in [-0.39, 0.29) is 5.96 Å². The Morgan fingerprint density at radius 2 is 2.04 bits per heavy atom. The van der Waals surface area contributed by atoms with E-state index in [9.17, 15) is 4.79 Å². The van der Waals surface area contributed by atoms with Gasteiger partial charge in [0.15, 0.2) is 5.96 Å². The molecule has 5 nitrogen and oxygen atoms in total. The van der Waals surface area contributed by atoms with Crippen molar-refractivity contribution in [2.45, 2.75) is 12.8 Å². The van der Waals surface area contributed by atoms with Gasteiger partial charge in [0, 0.05) is 23.5 Å². The van der Waals surface area contributed by atoms with Gasteiger partial charge in [-0.2, -0.15) is 4.99 Å². The smallest absolute Gasteiger partial charge is 0.280 e. The maximum Gasteiger partial charge on any atom is 0.280 e. The lowest BCUT2D eigenvalue weighted by molar-refractivity contribution is 0.100. The highest BCUT2D eigenvalue weighted by Crippen LogP contribution is 2.33. The third-order valence-electron chi connectivity index (χ3n) is 3.66. The van der Waals surface area contributed by atoms with Crippen molar-refractivity contribution in [2.75, 3.05) is 0 Å². The molecule has 4 N–H and O–H groups in total. The molecule has 1 amide bonds. The molecule has 1 heterocycles. The van der Waals surface area contributed by atoms with Crippen LogP contribution in [-0.2, 0) is 6.42 Å². The normalized spacial score (nSPS) is 13.0. The fourth-order valence-corrected chi connectivity index (χ4v) is 2.85. The molecule has 0 atom stereocenters. The lowest BCUT2D eigenvalue weighted by Crippen LogP contribution is -2.24. The molecule has 0 bridgehead atoms. The number of allylic oxidation sites excluding steroid dienone is 1. The number of aliphatic imine (C=N–C) groups is 1. The van der Waals surface area contributed by atoms with Gasteiger partial charge in [0.05, 0.1) is 5.02 Å². The van der Waals surface area contributed by atoms with E-state index in [0.29, 0.717) is 10.6 Å². The molecule has 0 radical (unpaired) electrons. The predicted octanol–water partition coefficient (Wildman–Crippen LogP) is 2.53. The van der Waals surface area contributed by atoms with Gasteiger partial charge in [-0.1, -0.05) is 23.7 Å². The molecule has 2 aromatic rings. The predicted molar refractivity (Wildman–Crippen MR) is 91.2 cm³/mol. The molecule has 1 aromatic heterocycles. The van der Waals surface area contributed by atoms with Crippen molar-refractivity contribution in [3.8, 4) is 0 Å². The molecule has 0 saturated carbocycles. The van der Waals surface area contributed by atoms with Crippen LogP contribution in [0, 0.1) is 0 Å². The van der Waals surface area contributed by atoms with Gasteiger partial charge in [-0.05, 0) is 47.7 Å². The van der Waals surface area contributed by atoms with Gasteiger partial charge in [0.2, 0.25) is 0 Å². The van der Waals surface area contributed by atoms with Gasteiger partial charge in [-0.15, -0.1) is 0 Å². The van der Waals surface area contributed by atoms with E-state index in [4.69, 9.17) is 23.1 Å². The number of hydrogen-bond donors (Lipinski definition) is 2. The number of pyridine rings is 1. The number of benzene rings is 1. The number of carbonyl (C=O) groups excluding carboxylic acids is 1. The van der Waals surface area contributed by atoms with E-state index in [0.717, 1.165) is 29.5 Å².